The van der Waals surface area contributed by atoms with Gasteiger partial charge in [0.05, 0.1) is 6.61 Å². The van der Waals surface area contributed by atoms with Crippen LogP contribution in [0.3, 0.4) is 0 Å². The number of aliphatic hydroxyl groups excluding tert-OH is 1. The molecule has 0 bridgehead atoms. The molecule has 1 N–H and O–H groups in total. The van der Waals surface area contributed by atoms with E-state index >= 15 is 0 Å². The van der Waals surface area contributed by atoms with E-state index < -0.39 is 11.7 Å². The van der Waals surface area contributed by atoms with Crippen LogP contribution >= 0.6 is 0 Å². The van der Waals surface area contributed by atoms with Gasteiger partial charge in [-0.15, -0.1) is 0 Å². The standard InChI is InChI=1S/C14H22O4/c1-5-18-13(17)12(16)10-8-9(14(2,3)4)6-7-11(10)15/h9,16H,5-8H2,1-4H3. The molecule has 1 atom stereocenters. The van der Waals surface area contributed by atoms with E-state index in [2.05, 4.69) is 20.8 Å². The molecule has 1 unspecified atom stereocenters. The van der Waals surface area contributed by atoms with Gasteiger partial charge in [-0.05, 0) is 31.1 Å². The molecule has 0 saturated heterocycles. The smallest absolute Gasteiger partial charge is 0.373 e. The van der Waals surface area contributed by atoms with Crippen LogP contribution in [-0.4, -0.2) is 23.5 Å². The molecule has 0 aromatic carbocycles. The number of carbonyl (C=O) groups excluding carboxylic acids is 2. The maximum atomic E-state index is 11.8. The van der Waals surface area contributed by atoms with Crippen LogP contribution in [0.25, 0.3) is 0 Å². The Labute approximate surface area is 108 Å². The second kappa shape index (κ2) is 5.55. The Kier molecular flexibility index (Phi) is 4.54. The first kappa shape index (κ1) is 14.7. The lowest BCUT2D eigenvalue weighted by atomic mass is 9.70. The van der Waals surface area contributed by atoms with Gasteiger partial charge >= 0.3 is 5.97 Å². The first-order valence-electron chi connectivity index (χ1n) is 6.39. The summed E-state index contributed by atoms with van der Waals surface area (Å²) >= 11 is 0. The molecule has 18 heavy (non-hydrogen) atoms. The molecule has 4 nitrogen and oxygen atoms in total. The summed E-state index contributed by atoms with van der Waals surface area (Å²) in [5, 5.41) is 9.81. The number of rotatable bonds is 2. The predicted molar refractivity (Wildman–Crippen MR) is 68.1 cm³/mol. The van der Waals surface area contributed by atoms with Gasteiger partial charge in [0.1, 0.15) is 0 Å². The van der Waals surface area contributed by atoms with Crippen LogP contribution in [0, 0.1) is 11.3 Å². The number of hydrogen-bond acceptors (Lipinski definition) is 4. The molecule has 4 heteroatoms. The zero-order valence-corrected chi connectivity index (χ0v) is 11.6. The Hall–Kier alpha value is -1.32. The van der Waals surface area contributed by atoms with Crippen LogP contribution in [0.2, 0.25) is 0 Å². The molecular weight excluding hydrogens is 232 g/mol. The predicted octanol–water partition coefficient (Wildman–Crippen LogP) is 2.78. The Morgan fingerprint density at radius 1 is 1.44 bits per heavy atom. The van der Waals surface area contributed by atoms with Crippen LogP contribution in [0.1, 0.15) is 47.0 Å². The topological polar surface area (TPSA) is 63.6 Å². The van der Waals surface area contributed by atoms with E-state index in [1.54, 1.807) is 6.92 Å². The number of carbonyl (C=O) groups is 2. The van der Waals surface area contributed by atoms with E-state index in [-0.39, 0.29) is 23.4 Å². The van der Waals surface area contributed by atoms with Crippen LogP contribution in [0.5, 0.6) is 0 Å². The SMILES string of the molecule is CCOC(=O)C(O)=C1CC(C(C)(C)C)CCC1=O. The lowest BCUT2D eigenvalue weighted by Crippen LogP contribution is -2.29. The van der Waals surface area contributed by atoms with Crippen molar-refractivity contribution in [2.75, 3.05) is 6.61 Å². The van der Waals surface area contributed by atoms with Gasteiger partial charge in [-0.25, -0.2) is 4.79 Å². The van der Waals surface area contributed by atoms with E-state index in [1.165, 1.54) is 0 Å². The molecular formula is C14H22O4. The third-order valence-corrected chi connectivity index (χ3v) is 3.49. The minimum Gasteiger partial charge on any atom is -0.502 e. The Morgan fingerprint density at radius 2 is 2.06 bits per heavy atom. The summed E-state index contributed by atoms with van der Waals surface area (Å²) in [5.41, 5.74) is 0.292. The Balaban J connectivity index is 2.95. The summed E-state index contributed by atoms with van der Waals surface area (Å²) in [5.74, 6) is -1.14. The van der Waals surface area contributed by atoms with Crippen molar-refractivity contribution in [1.29, 1.82) is 0 Å². The largest absolute Gasteiger partial charge is 0.502 e. The number of hydrogen-bond donors (Lipinski definition) is 1. The lowest BCUT2D eigenvalue weighted by Gasteiger charge is -2.34. The molecule has 0 radical (unpaired) electrons. The maximum Gasteiger partial charge on any atom is 0.373 e. The molecule has 0 aromatic rings. The summed E-state index contributed by atoms with van der Waals surface area (Å²) in [6.07, 6.45) is 1.65. The van der Waals surface area contributed by atoms with Crippen molar-refractivity contribution in [3.8, 4) is 0 Å². The van der Waals surface area contributed by atoms with Crippen molar-refractivity contribution in [2.24, 2.45) is 11.3 Å². The highest BCUT2D eigenvalue weighted by molar-refractivity contribution is 6.03. The molecule has 102 valence electrons. The molecule has 0 aromatic heterocycles. The molecule has 1 aliphatic carbocycles. The Bertz CT molecular complexity index is 374. The molecule has 1 fully saturated rings. The number of aliphatic hydroxyl groups is 1. The number of Topliss-reactive ketones (excluding diaryl/α,β-unsaturated/α-hetero) is 1. The van der Waals surface area contributed by atoms with E-state index in [1.807, 2.05) is 0 Å². The third-order valence-electron chi connectivity index (χ3n) is 3.49. The maximum absolute atomic E-state index is 11.8. The van der Waals surface area contributed by atoms with Gasteiger partial charge in [0.25, 0.3) is 0 Å². The third kappa shape index (κ3) is 3.34. The van der Waals surface area contributed by atoms with Crippen LogP contribution in [-0.2, 0) is 14.3 Å². The Morgan fingerprint density at radius 3 is 2.56 bits per heavy atom. The highest BCUT2D eigenvalue weighted by atomic mass is 16.5. The van der Waals surface area contributed by atoms with Gasteiger partial charge in [-0.3, -0.25) is 4.79 Å². The van der Waals surface area contributed by atoms with Crippen molar-refractivity contribution in [2.45, 2.75) is 47.0 Å². The van der Waals surface area contributed by atoms with Crippen molar-refractivity contribution in [3.05, 3.63) is 11.3 Å². The molecule has 0 heterocycles. The monoisotopic (exact) mass is 254 g/mol. The van der Waals surface area contributed by atoms with Crippen molar-refractivity contribution in [1.82, 2.24) is 0 Å². The second-order valence-electron chi connectivity index (χ2n) is 5.78. The molecule has 1 saturated carbocycles. The molecule has 0 spiro atoms. The average molecular weight is 254 g/mol. The fourth-order valence-corrected chi connectivity index (χ4v) is 2.21. The number of esters is 1. The van der Waals surface area contributed by atoms with Gasteiger partial charge in [-0.2, -0.15) is 0 Å². The first-order valence-corrected chi connectivity index (χ1v) is 6.39. The number of allylic oxidation sites excluding steroid dienone is 1. The van der Waals surface area contributed by atoms with E-state index in [0.29, 0.717) is 18.8 Å². The molecule has 1 rings (SSSR count). The van der Waals surface area contributed by atoms with Gasteiger partial charge in [0, 0.05) is 12.0 Å². The van der Waals surface area contributed by atoms with Crippen molar-refractivity contribution in [3.63, 3.8) is 0 Å². The van der Waals surface area contributed by atoms with E-state index in [4.69, 9.17) is 4.74 Å². The highest BCUT2D eigenvalue weighted by Crippen LogP contribution is 2.39. The van der Waals surface area contributed by atoms with Gasteiger partial charge in [-0.1, -0.05) is 20.8 Å². The fourth-order valence-electron chi connectivity index (χ4n) is 2.21. The summed E-state index contributed by atoms with van der Waals surface area (Å²) in [6.45, 7) is 8.16. The number of ether oxygens (including phenoxy) is 1. The van der Waals surface area contributed by atoms with Crippen molar-refractivity contribution < 1.29 is 19.4 Å². The first-order chi connectivity index (χ1) is 8.27. The number of ketones is 1. The second-order valence-corrected chi connectivity index (χ2v) is 5.78. The quantitative estimate of drug-likeness (QED) is 0.467. The van der Waals surface area contributed by atoms with Gasteiger partial charge in [0.2, 0.25) is 5.76 Å². The fraction of sp³-hybridized carbons (Fsp3) is 0.714. The minimum absolute atomic E-state index is 0.0564. The lowest BCUT2D eigenvalue weighted by molar-refractivity contribution is -0.142. The van der Waals surface area contributed by atoms with E-state index in [0.717, 1.165) is 6.42 Å². The van der Waals surface area contributed by atoms with Crippen LogP contribution in [0.4, 0.5) is 0 Å². The molecule has 0 aliphatic heterocycles. The van der Waals surface area contributed by atoms with Gasteiger partial charge < -0.3 is 9.84 Å². The molecule has 1 aliphatic rings. The summed E-state index contributed by atoms with van der Waals surface area (Å²) in [7, 11) is 0. The van der Waals surface area contributed by atoms with Gasteiger partial charge in [0.15, 0.2) is 5.78 Å². The average Bonchev–Trinajstić information content (AvgIpc) is 2.27. The normalized spacial score (nSPS) is 23.8. The summed E-state index contributed by atoms with van der Waals surface area (Å²) in [6, 6.07) is 0. The zero-order chi connectivity index (χ0) is 13.9. The summed E-state index contributed by atoms with van der Waals surface area (Å²) in [4.78, 5) is 23.3. The molecule has 0 amide bonds. The van der Waals surface area contributed by atoms with Crippen LogP contribution in [0.15, 0.2) is 11.3 Å². The van der Waals surface area contributed by atoms with Crippen LogP contribution < -0.4 is 0 Å². The highest BCUT2D eigenvalue weighted by Gasteiger charge is 2.34. The van der Waals surface area contributed by atoms with E-state index in [9.17, 15) is 14.7 Å². The zero-order valence-electron chi connectivity index (χ0n) is 11.6. The minimum atomic E-state index is -0.796. The van der Waals surface area contributed by atoms with Crippen molar-refractivity contribution >= 4 is 11.8 Å². The summed E-state index contributed by atoms with van der Waals surface area (Å²) < 4.78 is 4.73.